The molecule has 0 bridgehead atoms. The van der Waals surface area contributed by atoms with Crippen LogP contribution in [0, 0.1) is 11.6 Å². The van der Waals surface area contributed by atoms with E-state index in [2.05, 4.69) is 39.4 Å². The lowest BCUT2D eigenvalue weighted by atomic mass is 9.87. The molecular formula is C28H36Cl3F2N3. The van der Waals surface area contributed by atoms with Gasteiger partial charge in [0.25, 0.3) is 0 Å². The van der Waals surface area contributed by atoms with Gasteiger partial charge in [0.15, 0.2) is 0 Å². The Hall–Kier alpha value is -1.89. The highest BCUT2D eigenvalue weighted by atomic mass is 35.5. The number of rotatable bonds is 10. The maximum absolute atomic E-state index is 13.4. The highest BCUT2D eigenvalue weighted by molar-refractivity contribution is 5.86. The van der Waals surface area contributed by atoms with Crippen molar-refractivity contribution in [2.75, 3.05) is 51.1 Å². The number of anilines is 1. The molecule has 4 rings (SSSR count). The molecule has 1 N–H and O–H groups in total. The van der Waals surface area contributed by atoms with Gasteiger partial charge in [-0.05, 0) is 66.9 Å². The van der Waals surface area contributed by atoms with E-state index in [0.717, 1.165) is 69.8 Å². The molecule has 3 aromatic rings. The summed E-state index contributed by atoms with van der Waals surface area (Å²) in [6.45, 7) is 7.42. The van der Waals surface area contributed by atoms with E-state index in [-0.39, 0.29) is 54.8 Å². The van der Waals surface area contributed by atoms with Crippen molar-refractivity contribution in [3.8, 4) is 0 Å². The zero-order valence-electron chi connectivity index (χ0n) is 20.3. The molecule has 0 saturated carbocycles. The summed E-state index contributed by atoms with van der Waals surface area (Å²) in [7, 11) is 0. The summed E-state index contributed by atoms with van der Waals surface area (Å²) in [6, 6.07) is 23.8. The number of benzene rings is 3. The highest BCUT2D eigenvalue weighted by Crippen LogP contribution is 2.30. The molecular weight excluding hydrogens is 523 g/mol. The standard InChI is InChI=1S/C28H33F2N3.3ClH/c29-25-12-8-23(9-13-25)28(24-10-14-26(30)15-11-24)7-4-17-32-19-21-33(22-20-32)18-16-31-27-5-2-1-3-6-27;;;/h1-3,5-6,8-15,28,31H,4,7,16-22H2;3*1H. The minimum absolute atomic E-state index is 0. The number of hydrogen-bond donors (Lipinski definition) is 1. The Balaban J connectivity index is 0.00000216. The summed E-state index contributed by atoms with van der Waals surface area (Å²) in [5.74, 6) is -0.307. The molecule has 0 amide bonds. The molecule has 3 aromatic carbocycles. The lowest BCUT2D eigenvalue weighted by Crippen LogP contribution is -2.47. The molecule has 3 nitrogen and oxygen atoms in total. The fraction of sp³-hybridized carbons (Fsp3) is 0.357. The topological polar surface area (TPSA) is 18.5 Å². The van der Waals surface area contributed by atoms with E-state index in [0.29, 0.717) is 0 Å². The molecule has 0 spiro atoms. The van der Waals surface area contributed by atoms with E-state index in [9.17, 15) is 8.78 Å². The van der Waals surface area contributed by atoms with Gasteiger partial charge >= 0.3 is 0 Å². The number of nitrogens with one attached hydrogen (secondary N) is 1. The van der Waals surface area contributed by atoms with Crippen LogP contribution >= 0.6 is 37.2 Å². The fourth-order valence-corrected chi connectivity index (χ4v) is 4.59. The Morgan fingerprint density at radius 3 is 1.61 bits per heavy atom. The summed E-state index contributed by atoms with van der Waals surface area (Å²) in [5.41, 5.74) is 3.34. The van der Waals surface area contributed by atoms with E-state index < -0.39 is 0 Å². The Morgan fingerprint density at radius 2 is 1.11 bits per heavy atom. The maximum Gasteiger partial charge on any atom is 0.123 e. The molecule has 198 valence electrons. The monoisotopic (exact) mass is 557 g/mol. The second-order valence-electron chi connectivity index (χ2n) is 8.77. The van der Waals surface area contributed by atoms with Crippen molar-refractivity contribution in [3.05, 3.63) is 102 Å². The van der Waals surface area contributed by atoms with Gasteiger partial charge in [0.2, 0.25) is 0 Å². The van der Waals surface area contributed by atoms with Crippen LogP contribution in [0.1, 0.15) is 29.9 Å². The first-order valence-corrected chi connectivity index (χ1v) is 11.9. The molecule has 8 heteroatoms. The molecule has 0 radical (unpaired) electrons. The van der Waals surface area contributed by atoms with Crippen LogP contribution in [-0.4, -0.2) is 55.6 Å². The van der Waals surface area contributed by atoms with Crippen molar-refractivity contribution in [3.63, 3.8) is 0 Å². The van der Waals surface area contributed by atoms with Crippen molar-refractivity contribution in [2.45, 2.75) is 18.8 Å². The van der Waals surface area contributed by atoms with Gasteiger partial charge in [-0.1, -0.05) is 42.5 Å². The second-order valence-corrected chi connectivity index (χ2v) is 8.77. The third-order valence-electron chi connectivity index (χ3n) is 6.51. The molecule has 1 saturated heterocycles. The second kappa shape index (κ2) is 16.8. The van der Waals surface area contributed by atoms with Crippen molar-refractivity contribution in [1.29, 1.82) is 0 Å². The maximum atomic E-state index is 13.4. The first-order valence-electron chi connectivity index (χ1n) is 11.9. The van der Waals surface area contributed by atoms with E-state index >= 15 is 0 Å². The van der Waals surface area contributed by atoms with E-state index in [4.69, 9.17) is 0 Å². The number of halogens is 5. The smallest absolute Gasteiger partial charge is 0.123 e. The van der Waals surface area contributed by atoms with Crippen LogP contribution in [0.15, 0.2) is 78.9 Å². The number of para-hydroxylation sites is 1. The predicted molar refractivity (Wildman–Crippen MR) is 153 cm³/mol. The molecule has 0 atom stereocenters. The molecule has 36 heavy (non-hydrogen) atoms. The number of piperazine rings is 1. The molecule has 0 aliphatic carbocycles. The van der Waals surface area contributed by atoms with Gasteiger partial charge in [-0.15, -0.1) is 37.2 Å². The van der Waals surface area contributed by atoms with Crippen LogP contribution in [0.3, 0.4) is 0 Å². The minimum Gasteiger partial charge on any atom is -0.384 e. The number of nitrogens with zero attached hydrogens (tertiary/aromatic N) is 2. The average Bonchev–Trinajstić information content (AvgIpc) is 2.85. The van der Waals surface area contributed by atoms with Crippen molar-refractivity contribution < 1.29 is 8.78 Å². The van der Waals surface area contributed by atoms with Crippen LogP contribution in [0.25, 0.3) is 0 Å². The van der Waals surface area contributed by atoms with Crippen molar-refractivity contribution >= 4 is 42.9 Å². The summed E-state index contributed by atoms with van der Waals surface area (Å²) in [5, 5.41) is 3.49. The van der Waals surface area contributed by atoms with Crippen molar-refractivity contribution in [2.24, 2.45) is 0 Å². The van der Waals surface area contributed by atoms with Gasteiger partial charge in [-0.2, -0.15) is 0 Å². The van der Waals surface area contributed by atoms with E-state index in [1.165, 1.54) is 30.0 Å². The normalized spacial score (nSPS) is 13.9. The largest absolute Gasteiger partial charge is 0.384 e. The lowest BCUT2D eigenvalue weighted by molar-refractivity contribution is 0.134. The van der Waals surface area contributed by atoms with Crippen molar-refractivity contribution in [1.82, 2.24) is 9.80 Å². The molecule has 1 heterocycles. The highest BCUT2D eigenvalue weighted by Gasteiger charge is 2.18. The van der Waals surface area contributed by atoms with Crippen LogP contribution in [0.5, 0.6) is 0 Å². The summed E-state index contributed by atoms with van der Waals surface area (Å²) in [4.78, 5) is 5.06. The van der Waals surface area contributed by atoms with Gasteiger partial charge in [-0.3, -0.25) is 4.90 Å². The third-order valence-corrected chi connectivity index (χ3v) is 6.51. The number of hydrogen-bond acceptors (Lipinski definition) is 3. The summed E-state index contributed by atoms with van der Waals surface area (Å²) < 4.78 is 26.9. The molecule has 0 aromatic heterocycles. The summed E-state index contributed by atoms with van der Waals surface area (Å²) >= 11 is 0. The molecule has 1 aliphatic heterocycles. The first kappa shape index (κ1) is 32.1. The molecule has 1 fully saturated rings. The lowest BCUT2D eigenvalue weighted by Gasteiger charge is -2.35. The Morgan fingerprint density at radius 1 is 0.639 bits per heavy atom. The van der Waals surface area contributed by atoms with E-state index in [1.54, 1.807) is 0 Å². The fourth-order valence-electron chi connectivity index (χ4n) is 4.59. The SMILES string of the molecule is Cl.Cl.Cl.Fc1ccc(C(CCCN2CCN(CCNc3ccccc3)CC2)c2ccc(F)cc2)cc1. The zero-order valence-corrected chi connectivity index (χ0v) is 22.8. The zero-order chi connectivity index (χ0) is 22.9. The Bertz CT molecular complexity index is 922. The van der Waals surface area contributed by atoms with Crippen LogP contribution in [0.2, 0.25) is 0 Å². The minimum atomic E-state index is -0.228. The van der Waals surface area contributed by atoms with Gasteiger partial charge in [-0.25, -0.2) is 8.78 Å². The van der Waals surface area contributed by atoms with Gasteiger partial charge in [0, 0.05) is 50.9 Å². The first-order chi connectivity index (χ1) is 16.2. The average molecular weight is 559 g/mol. The van der Waals surface area contributed by atoms with Gasteiger partial charge < -0.3 is 10.2 Å². The van der Waals surface area contributed by atoms with Crippen LogP contribution in [0.4, 0.5) is 14.5 Å². The van der Waals surface area contributed by atoms with Gasteiger partial charge in [0.1, 0.15) is 11.6 Å². The quantitative estimate of drug-likeness (QED) is 0.293. The third kappa shape index (κ3) is 9.87. The predicted octanol–water partition coefficient (Wildman–Crippen LogP) is 6.87. The Labute approximate surface area is 232 Å². The van der Waals surface area contributed by atoms with E-state index in [1.807, 2.05) is 30.3 Å². The summed E-state index contributed by atoms with van der Waals surface area (Å²) in [6.07, 6.45) is 2.01. The van der Waals surface area contributed by atoms with Crippen LogP contribution < -0.4 is 5.32 Å². The van der Waals surface area contributed by atoms with Gasteiger partial charge in [0.05, 0.1) is 0 Å². The molecule has 0 unspecified atom stereocenters. The molecule has 1 aliphatic rings. The van der Waals surface area contributed by atoms with Crippen LogP contribution in [-0.2, 0) is 0 Å². The Kier molecular flexibility index (Phi) is 15.0.